The van der Waals surface area contributed by atoms with E-state index in [1.165, 1.54) is 83.9 Å². The summed E-state index contributed by atoms with van der Waals surface area (Å²) in [5.74, 6) is 0. The number of hydrogen-bond donors (Lipinski definition) is 0. The van der Waals surface area contributed by atoms with Crippen LogP contribution in [0.15, 0.2) is 146 Å². The van der Waals surface area contributed by atoms with Crippen LogP contribution in [0.4, 0.5) is 51.2 Å². The van der Waals surface area contributed by atoms with Crippen LogP contribution >= 0.6 is 0 Å². The van der Waals surface area contributed by atoms with Gasteiger partial charge in [0, 0.05) is 51.2 Å². The lowest BCUT2D eigenvalue weighted by molar-refractivity contribution is 0.392. The molecule has 4 aliphatic rings. The normalized spacial score (nSPS) is 16.5. The first-order valence-corrected chi connectivity index (χ1v) is 23.6. The second kappa shape index (κ2) is 14.3. The molecule has 4 heteroatoms. The van der Waals surface area contributed by atoms with E-state index in [0.29, 0.717) is 0 Å². The average Bonchev–Trinajstić information content (AvgIpc) is 3.76. The summed E-state index contributed by atoms with van der Waals surface area (Å²) in [7, 11) is 0. The molecule has 2 heterocycles. The molecule has 0 N–H and O–H groups in total. The lowest BCUT2D eigenvalue weighted by atomic mass is 9.33. The molecular weight excluding hydrogens is 773 g/mol. The first kappa shape index (κ1) is 40.8. The van der Waals surface area contributed by atoms with E-state index >= 15 is 0 Å². The predicted octanol–water partition coefficient (Wildman–Crippen LogP) is 14.1. The molecule has 2 aliphatic carbocycles. The Morgan fingerprint density at radius 2 is 0.922 bits per heavy atom. The molecule has 7 aromatic rings. The van der Waals surface area contributed by atoms with Gasteiger partial charge in [0.25, 0.3) is 6.71 Å². The van der Waals surface area contributed by atoms with Crippen molar-refractivity contribution in [1.29, 1.82) is 0 Å². The number of benzene rings is 7. The topological polar surface area (TPSA) is 9.72 Å². The van der Waals surface area contributed by atoms with Gasteiger partial charge in [0.1, 0.15) is 0 Å². The van der Waals surface area contributed by atoms with Crippen LogP contribution in [0.25, 0.3) is 0 Å². The van der Waals surface area contributed by atoms with Gasteiger partial charge in [-0.1, -0.05) is 142 Å². The lowest BCUT2D eigenvalue weighted by Gasteiger charge is -2.46. The summed E-state index contributed by atoms with van der Waals surface area (Å²) in [6.45, 7) is 24.0. The summed E-state index contributed by atoms with van der Waals surface area (Å²) in [5.41, 5.74) is 24.3. The summed E-state index contributed by atoms with van der Waals surface area (Å²) in [5, 5.41) is 0. The molecule has 0 amide bonds. The number of anilines is 9. The van der Waals surface area contributed by atoms with Gasteiger partial charge in [-0.3, -0.25) is 0 Å². The zero-order chi connectivity index (χ0) is 44.5. The molecule has 0 spiro atoms. The fourth-order valence-corrected chi connectivity index (χ4v) is 11.7. The molecule has 3 nitrogen and oxygen atoms in total. The monoisotopic (exact) mass is 836 g/mol. The molecule has 0 radical (unpaired) electrons. The molecule has 0 aromatic heterocycles. The minimum atomic E-state index is -0.0941. The van der Waals surface area contributed by atoms with Crippen molar-refractivity contribution in [1.82, 2.24) is 0 Å². The average molecular weight is 836 g/mol. The van der Waals surface area contributed by atoms with Crippen LogP contribution in [-0.4, -0.2) is 6.71 Å². The van der Waals surface area contributed by atoms with E-state index in [4.69, 9.17) is 0 Å². The highest BCUT2D eigenvalue weighted by Crippen LogP contribution is 2.52. The maximum atomic E-state index is 2.71. The molecule has 0 saturated heterocycles. The van der Waals surface area contributed by atoms with Crippen molar-refractivity contribution >= 4 is 74.3 Å². The summed E-state index contributed by atoms with van der Waals surface area (Å²) in [4.78, 5) is 7.83. The smallest absolute Gasteiger partial charge is 0.252 e. The first-order chi connectivity index (χ1) is 30.5. The SMILES string of the molecule is CC1(C)Cc2cccc(N3c4ccc(N(c5ccccc5)c5ccccc5)cc4B4c5ccc(C(C)(C)C)cc5N(c5cccc6c5CC(C)(C)C6)c5cc(C(C)(C)C)cc3c54)c2C1. The fourth-order valence-electron chi connectivity index (χ4n) is 11.7. The van der Waals surface area contributed by atoms with Gasteiger partial charge >= 0.3 is 0 Å². The van der Waals surface area contributed by atoms with Crippen molar-refractivity contribution in [2.24, 2.45) is 10.8 Å². The predicted molar refractivity (Wildman–Crippen MR) is 275 cm³/mol. The Balaban J connectivity index is 1.26. The lowest BCUT2D eigenvalue weighted by Crippen LogP contribution is -2.61. The highest BCUT2D eigenvalue weighted by atomic mass is 15.2. The highest BCUT2D eigenvalue weighted by Gasteiger charge is 2.46. The van der Waals surface area contributed by atoms with E-state index in [-0.39, 0.29) is 28.4 Å². The van der Waals surface area contributed by atoms with Gasteiger partial charge in [-0.25, -0.2) is 0 Å². The Bertz CT molecular complexity index is 2940. The second-order valence-electron chi connectivity index (χ2n) is 22.9. The van der Waals surface area contributed by atoms with Gasteiger partial charge in [0.15, 0.2) is 0 Å². The van der Waals surface area contributed by atoms with E-state index in [9.17, 15) is 0 Å². The quantitative estimate of drug-likeness (QED) is 0.160. The van der Waals surface area contributed by atoms with E-state index in [1.54, 1.807) is 0 Å². The maximum Gasteiger partial charge on any atom is 0.252 e. The highest BCUT2D eigenvalue weighted by molar-refractivity contribution is 7.00. The molecular formula is C60H62BN3. The molecule has 0 atom stereocenters. The zero-order valence-corrected chi connectivity index (χ0v) is 39.6. The third kappa shape index (κ3) is 6.62. The Kier molecular flexibility index (Phi) is 9.08. The van der Waals surface area contributed by atoms with Crippen molar-refractivity contribution in [3.8, 4) is 0 Å². The van der Waals surface area contributed by atoms with E-state index in [0.717, 1.165) is 42.7 Å². The summed E-state index contributed by atoms with van der Waals surface area (Å²) < 4.78 is 0. The van der Waals surface area contributed by atoms with Gasteiger partial charge in [-0.15, -0.1) is 0 Å². The van der Waals surface area contributed by atoms with Gasteiger partial charge in [0.05, 0.1) is 0 Å². The van der Waals surface area contributed by atoms with Crippen molar-refractivity contribution in [2.45, 2.75) is 106 Å². The van der Waals surface area contributed by atoms with E-state index in [1.807, 2.05) is 0 Å². The Morgan fingerprint density at radius 1 is 0.422 bits per heavy atom. The van der Waals surface area contributed by atoms with Crippen LogP contribution in [0.5, 0.6) is 0 Å². The number of hydrogen-bond acceptors (Lipinski definition) is 3. The third-order valence-corrected chi connectivity index (χ3v) is 14.7. The van der Waals surface area contributed by atoms with Gasteiger partial charge in [-0.2, -0.15) is 0 Å². The number of rotatable bonds is 5. The molecule has 0 saturated carbocycles. The van der Waals surface area contributed by atoms with Crippen LogP contribution in [0.1, 0.15) is 103 Å². The number of para-hydroxylation sites is 2. The van der Waals surface area contributed by atoms with Crippen LogP contribution in [0.2, 0.25) is 0 Å². The van der Waals surface area contributed by atoms with Gasteiger partial charge in [0.2, 0.25) is 0 Å². The van der Waals surface area contributed by atoms with E-state index < -0.39 is 0 Å². The molecule has 320 valence electrons. The Hall–Kier alpha value is -6.00. The standard InChI is InChI=1S/C60H62BN3/c1-57(2,3)41-27-29-48-53(31-41)64(51-26-18-20-40-36-60(9,10)38-47(40)51)55-33-42(58(4,5)6)32-54-56(55)61(48)49-34-45(62(43-21-13-11-14-22-43)44-23-15-12-16-24-44)28-30-52(49)63(54)50-25-17-19-39-35-59(7,8)37-46(39)50/h11-34H,35-38H2,1-10H3. The maximum absolute atomic E-state index is 2.71. The molecule has 11 rings (SSSR count). The number of fused-ring (bicyclic) bond motifs is 6. The van der Waals surface area contributed by atoms with Crippen molar-refractivity contribution in [2.75, 3.05) is 14.7 Å². The second-order valence-corrected chi connectivity index (χ2v) is 22.9. The van der Waals surface area contributed by atoms with Crippen molar-refractivity contribution in [3.05, 3.63) is 179 Å². The molecule has 0 bridgehead atoms. The zero-order valence-electron chi connectivity index (χ0n) is 39.6. The minimum Gasteiger partial charge on any atom is -0.311 e. The molecule has 2 aliphatic heterocycles. The van der Waals surface area contributed by atoms with Crippen LogP contribution in [0.3, 0.4) is 0 Å². The van der Waals surface area contributed by atoms with Crippen molar-refractivity contribution < 1.29 is 0 Å². The van der Waals surface area contributed by atoms with Crippen LogP contribution in [0, 0.1) is 10.8 Å². The molecule has 64 heavy (non-hydrogen) atoms. The number of nitrogens with zero attached hydrogens (tertiary/aromatic N) is 3. The summed E-state index contributed by atoms with van der Waals surface area (Å²) >= 11 is 0. The molecule has 0 fully saturated rings. The third-order valence-electron chi connectivity index (χ3n) is 14.7. The van der Waals surface area contributed by atoms with Crippen molar-refractivity contribution in [3.63, 3.8) is 0 Å². The Morgan fingerprint density at radius 3 is 1.44 bits per heavy atom. The summed E-state index contributed by atoms with van der Waals surface area (Å²) in [6, 6.07) is 55.9. The minimum absolute atomic E-state index is 0.000266. The first-order valence-electron chi connectivity index (χ1n) is 23.6. The molecule has 7 aromatic carbocycles. The molecule has 0 unspecified atom stereocenters. The fraction of sp³-hybridized carbons (Fsp3) is 0.300. The van der Waals surface area contributed by atoms with Crippen LogP contribution < -0.4 is 31.1 Å². The van der Waals surface area contributed by atoms with Crippen LogP contribution in [-0.2, 0) is 36.5 Å². The van der Waals surface area contributed by atoms with Gasteiger partial charge < -0.3 is 14.7 Å². The largest absolute Gasteiger partial charge is 0.311 e. The summed E-state index contributed by atoms with van der Waals surface area (Å²) in [6.07, 6.45) is 4.31. The van der Waals surface area contributed by atoms with Gasteiger partial charge in [-0.05, 0) is 170 Å². The van der Waals surface area contributed by atoms with E-state index in [2.05, 4.69) is 230 Å². The Labute approximate surface area is 382 Å².